The summed E-state index contributed by atoms with van der Waals surface area (Å²) in [6.07, 6.45) is 0.707. The van der Waals surface area contributed by atoms with E-state index in [2.05, 4.69) is 26.6 Å². The quantitative estimate of drug-likeness (QED) is 0.672. The number of halogens is 1. The number of benzene rings is 2. The van der Waals surface area contributed by atoms with Gasteiger partial charge in [0.1, 0.15) is 0 Å². The van der Waals surface area contributed by atoms with Gasteiger partial charge in [-0.25, -0.2) is 4.79 Å². The van der Waals surface area contributed by atoms with Gasteiger partial charge in [0.2, 0.25) is 0 Å². The first-order valence-electron chi connectivity index (χ1n) is 8.31. The van der Waals surface area contributed by atoms with Gasteiger partial charge in [-0.3, -0.25) is 0 Å². The molecule has 0 heterocycles. The number of anilines is 1. The minimum atomic E-state index is -0.228. The summed E-state index contributed by atoms with van der Waals surface area (Å²) in [6, 6.07) is 13.1. The maximum Gasteiger partial charge on any atom is 0.319 e. The fraction of sp³-hybridized carbons (Fsp3) is 0.316. The summed E-state index contributed by atoms with van der Waals surface area (Å²) in [5.41, 5.74) is 1.82. The van der Waals surface area contributed by atoms with Crippen molar-refractivity contribution >= 4 is 27.6 Å². The lowest BCUT2D eigenvalue weighted by atomic mass is 10.1. The second-order valence-corrected chi connectivity index (χ2v) is 6.20. The first-order valence-corrected chi connectivity index (χ1v) is 9.10. The van der Waals surface area contributed by atoms with E-state index < -0.39 is 0 Å². The Morgan fingerprint density at radius 3 is 2.52 bits per heavy atom. The number of carbonyl (C=O) groups excluding carboxylic acids is 1. The lowest BCUT2D eigenvalue weighted by molar-refractivity contribution is 0.252. The van der Waals surface area contributed by atoms with Crippen LogP contribution in [0.5, 0.6) is 11.5 Å². The number of ether oxygens (including phenoxy) is 2. The molecule has 0 atom stereocenters. The van der Waals surface area contributed by atoms with Gasteiger partial charge in [-0.15, -0.1) is 0 Å². The Hall–Kier alpha value is -2.21. The van der Waals surface area contributed by atoms with Gasteiger partial charge in [0.25, 0.3) is 0 Å². The van der Waals surface area contributed by atoms with Gasteiger partial charge in [-0.05, 0) is 56.2 Å². The van der Waals surface area contributed by atoms with Crippen molar-refractivity contribution < 1.29 is 14.3 Å². The van der Waals surface area contributed by atoms with Crippen LogP contribution in [0.2, 0.25) is 0 Å². The topological polar surface area (TPSA) is 59.6 Å². The van der Waals surface area contributed by atoms with Gasteiger partial charge < -0.3 is 20.1 Å². The molecule has 0 fully saturated rings. The second kappa shape index (κ2) is 9.93. The first-order chi connectivity index (χ1) is 12.1. The third kappa shape index (κ3) is 6.31. The van der Waals surface area contributed by atoms with Crippen molar-refractivity contribution in [3.63, 3.8) is 0 Å². The number of urea groups is 1. The van der Waals surface area contributed by atoms with Crippen LogP contribution in [0.1, 0.15) is 19.4 Å². The van der Waals surface area contributed by atoms with Crippen molar-refractivity contribution in [2.75, 3.05) is 25.1 Å². The molecular formula is C19H23BrN2O3. The number of rotatable bonds is 8. The molecule has 25 heavy (non-hydrogen) atoms. The van der Waals surface area contributed by atoms with Crippen molar-refractivity contribution in [3.8, 4) is 11.5 Å². The van der Waals surface area contributed by atoms with Crippen LogP contribution in [-0.2, 0) is 6.42 Å². The largest absolute Gasteiger partial charge is 0.490 e. The molecule has 0 aliphatic carbocycles. The second-order valence-electron chi connectivity index (χ2n) is 5.29. The molecule has 2 rings (SSSR count). The summed E-state index contributed by atoms with van der Waals surface area (Å²) in [6.45, 7) is 5.58. The number of hydrogen-bond acceptors (Lipinski definition) is 3. The number of hydrogen-bond donors (Lipinski definition) is 2. The third-order valence-corrected chi connectivity index (χ3v) is 3.88. The minimum Gasteiger partial charge on any atom is -0.490 e. The lowest BCUT2D eigenvalue weighted by Crippen LogP contribution is -2.30. The van der Waals surface area contributed by atoms with Crippen molar-refractivity contribution in [2.24, 2.45) is 0 Å². The van der Waals surface area contributed by atoms with Crippen molar-refractivity contribution in [2.45, 2.75) is 20.3 Å². The van der Waals surface area contributed by atoms with Crippen LogP contribution in [0, 0.1) is 0 Å². The highest BCUT2D eigenvalue weighted by Gasteiger charge is 2.07. The molecule has 2 amide bonds. The van der Waals surface area contributed by atoms with Crippen LogP contribution in [0.15, 0.2) is 46.9 Å². The minimum absolute atomic E-state index is 0.228. The van der Waals surface area contributed by atoms with Gasteiger partial charge >= 0.3 is 6.03 Å². The predicted octanol–water partition coefficient (Wildman–Crippen LogP) is 4.61. The average Bonchev–Trinajstić information content (AvgIpc) is 2.57. The van der Waals surface area contributed by atoms with Crippen molar-refractivity contribution in [1.82, 2.24) is 5.32 Å². The summed E-state index contributed by atoms with van der Waals surface area (Å²) in [4.78, 5) is 11.9. The summed E-state index contributed by atoms with van der Waals surface area (Å²) in [7, 11) is 0. The van der Waals surface area contributed by atoms with Gasteiger partial charge in [0, 0.05) is 16.7 Å². The Bertz CT molecular complexity index is 707. The Kier molecular flexibility index (Phi) is 7.60. The number of amides is 2. The average molecular weight is 407 g/mol. The van der Waals surface area contributed by atoms with Gasteiger partial charge in [-0.2, -0.15) is 0 Å². The first kappa shape index (κ1) is 19.1. The molecule has 0 radical (unpaired) electrons. The smallest absolute Gasteiger partial charge is 0.319 e. The standard InChI is InChI=1S/C19H23BrN2O3/c1-3-24-17-9-8-14(12-18(17)25-4-2)10-11-21-19(23)22-16-7-5-6-15(20)13-16/h5-9,12-13H,3-4,10-11H2,1-2H3,(H2,21,22,23). The monoisotopic (exact) mass is 406 g/mol. The van der Waals surface area contributed by atoms with Crippen molar-refractivity contribution in [3.05, 3.63) is 52.5 Å². The molecule has 0 bridgehead atoms. The molecule has 0 saturated heterocycles. The van der Waals surface area contributed by atoms with Crippen molar-refractivity contribution in [1.29, 1.82) is 0 Å². The molecule has 0 aliphatic rings. The van der Waals surface area contributed by atoms with Gasteiger partial charge in [0.05, 0.1) is 13.2 Å². The fourth-order valence-electron chi connectivity index (χ4n) is 2.31. The Balaban J connectivity index is 1.86. The van der Waals surface area contributed by atoms with E-state index in [1.807, 2.05) is 56.3 Å². The van der Waals surface area contributed by atoms with E-state index in [1.54, 1.807) is 0 Å². The zero-order valence-electron chi connectivity index (χ0n) is 14.5. The Labute approximate surface area is 156 Å². The normalized spacial score (nSPS) is 10.2. The van der Waals surface area contributed by atoms with E-state index in [0.29, 0.717) is 26.2 Å². The fourth-order valence-corrected chi connectivity index (χ4v) is 2.71. The maximum absolute atomic E-state index is 11.9. The van der Waals surface area contributed by atoms with Gasteiger partial charge in [0.15, 0.2) is 11.5 Å². The van der Waals surface area contributed by atoms with Crippen LogP contribution < -0.4 is 20.1 Å². The molecule has 2 aromatic carbocycles. The molecule has 0 aromatic heterocycles. The van der Waals surface area contributed by atoms with Crippen LogP contribution in [0.3, 0.4) is 0 Å². The highest BCUT2D eigenvalue weighted by Crippen LogP contribution is 2.28. The van der Waals surface area contributed by atoms with Crippen LogP contribution in [0.4, 0.5) is 10.5 Å². The van der Waals surface area contributed by atoms with Crippen LogP contribution in [0.25, 0.3) is 0 Å². The summed E-state index contributed by atoms with van der Waals surface area (Å²) in [5, 5.41) is 5.65. The molecule has 0 aliphatic heterocycles. The molecule has 6 heteroatoms. The lowest BCUT2D eigenvalue weighted by Gasteiger charge is -2.13. The maximum atomic E-state index is 11.9. The SMILES string of the molecule is CCOc1ccc(CCNC(=O)Nc2cccc(Br)c2)cc1OCC. The highest BCUT2D eigenvalue weighted by atomic mass is 79.9. The van der Waals surface area contributed by atoms with E-state index in [-0.39, 0.29) is 6.03 Å². The van der Waals surface area contributed by atoms with E-state index in [4.69, 9.17) is 9.47 Å². The summed E-state index contributed by atoms with van der Waals surface area (Å²) < 4.78 is 12.1. The molecule has 0 spiro atoms. The third-order valence-electron chi connectivity index (χ3n) is 3.39. The molecule has 0 saturated carbocycles. The summed E-state index contributed by atoms with van der Waals surface area (Å²) >= 11 is 3.38. The van der Waals surface area contributed by atoms with E-state index in [9.17, 15) is 4.79 Å². The van der Waals surface area contributed by atoms with E-state index in [1.165, 1.54) is 0 Å². The predicted molar refractivity (Wildman–Crippen MR) is 104 cm³/mol. The molecule has 5 nitrogen and oxygen atoms in total. The number of carbonyl (C=O) groups is 1. The zero-order valence-corrected chi connectivity index (χ0v) is 16.1. The molecule has 2 N–H and O–H groups in total. The van der Waals surface area contributed by atoms with Crippen LogP contribution >= 0.6 is 15.9 Å². The molecule has 0 unspecified atom stereocenters. The molecule has 2 aromatic rings. The van der Waals surface area contributed by atoms with E-state index in [0.717, 1.165) is 27.2 Å². The molecule has 134 valence electrons. The number of nitrogens with one attached hydrogen (secondary N) is 2. The highest BCUT2D eigenvalue weighted by molar-refractivity contribution is 9.10. The zero-order chi connectivity index (χ0) is 18.1. The Morgan fingerprint density at radius 1 is 1.04 bits per heavy atom. The summed E-state index contributed by atoms with van der Waals surface area (Å²) in [5.74, 6) is 1.48. The Morgan fingerprint density at radius 2 is 1.80 bits per heavy atom. The van der Waals surface area contributed by atoms with Crippen LogP contribution in [-0.4, -0.2) is 25.8 Å². The molecular weight excluding hydrogens is 384 g/mol. The van der Waals surface area contributed by atoms with E-state index >= 15 is 0 Å². The van der Waals surface area contributed by atoms with Gasteiger partial charge in [-0.1, -0.05) is 28.1 Å².